The summed E-state index contributed by atoms with van der Waals surface area (Å²) in [7, 11) is 0. The number of likely N-dealkylation sites (tertiary alicyclic amines) is 1. The predicted molar refractivity (Wildman–Crippen MR) is 63.1 cm³/mol. The van der Waals surface area contributed by atoms with Crippen molar-refractivity contribution >= 4 is 22.4 Å². The van der Waals surface area contributed by atoms with Crippen molar-refractivity contribution in [2.24, 2.45) is 5.92 Å². The Morgan fingerprint density at radius 2 is 2.50 bits per heavy atom. The number of carbonyl (C=O) groups is 1. The fraction of sp³-hybridized carbons (Fsp3) is 0.636. The third-order valence-electron chi connectivity index (χ3n) is 3.63. The normalized spacial score (nSPS) is 27.6. The van der Waals surface area contributed by atoms with E-state index in [1.807, 2.05) is 10.3 Å². The van der Waals surface area contributed by atoms with Crippen LogP contribution >= 0.6 is 11.3 Å². The number of fused-ring (bicyclic) bond motifs is 2. The molecule has 1 aliphatic heterocycles. The first kappa shape index (κ1) is 10.1. The minimum atomic E-state index is 0.220. The van der Waals surface area contributed by atoms with Gasteiger partial charge < -0.3 is 10.6 Å². The van der Waals surface area contributed by atoms with Crippen molar-refractivity contribution in [3.63, 3.8) is 0 Å². The zero-order chi connectivity index (χ0) is 11.1. The summed E-state index contributed by atoms with van der Waals surface area (Å²) in [5.74, 6) is 0.979. The van der Waals surface area contributed by atoms with Gasteiger partial charge in [-0.05, 0) is 25.2 Å². The fourth-order valence-electron chi connectivity index (χ4n) is 2.89. The molecule has 1 aromatic rings. The molecule has 2 atom stereocenters. The molecule has 2 fully saturated rings. The number of nitrogens with zero attached hydrogens (tertiary/aromatic N) is 2. The topological polar surface area (TPSA) is 59.2 Å². The summed E-state index contributed by atoms with van der Waals surface area (Å²) < 4.78 is 0. The predicted octanol–water partition coefficient (Wildman–Crippen LogP) is 1.28. The van der Waals surface area contributed by atoms with Crippen molar-refractivity contribution in [1.29, 1.82) is 0 Å². The number of thiazole rings is 1. The molecule has 1 aliphatic carbocycles. The van der Waals surface area contributed by atoms with E-state index in [4.69, 9.17) is 5.73 Å². The first-order valence-electron chi connectivity index (χ1n) is 5.71. The van der Waals surface area contributed by atoms with E-state index in [0.717, 1.165) is 18.2 Å². The summed E-state index contributed by atoms with van der Waals surface area (Å²) in [6, 6.07) is 0.508. The average Bonchev–Trinajstić information content (AvgIpc) is 2.93. The van der Waals surface area contributed by atoms with Crippen LogP contribution in [-0.4, -0.2) is 28.4 Å². The fourth-order valence-corrected chi connectivity index (χ4v) is 3.45. The van der Waals surface area contributed by atoms with Crippen LogP contribution in [0.15, 0.2) is 5.38 Å². The molecule has 2 N–H and O–H groups in total. The second kappa shape index (κ2) is 3.73. The van der Waals surface area contributed by atoms with Crippen molar-refractivity contribution in [2.75, 3.05) is 12.3 Å². The summed E-state index contributed by atoms with van der Waals surface area (Å²) in [6.45, 7) is 0.961. The van der Waals surface area contributed by atoms with Gasteiger partial charge in [-0.2, -0.15) is 0 Å². The lowest BCUT2D eigenvalue weighted by Gasteiger charge is -2.26. The van der Waals surface area contributed by atoms with Crippen LogP contribution in [0.3, 0.4) is 0 Å². The Bertz CT molecular complexity index is 417. The van der Waals surface area contributed by atoms with Crippen LogP contribution in [0, 0.1) is 5.92 Å². The summed E-state index contributed by atoms with van der Waals surface area (Å²) >= 11 is 1.40. The molecule has 2 aliphatic rings. The zero-order valence-electron chi connectivity index (χ0n) is 9.06. The van der Waals surface area contributed by atoms with Crippen molar-refractivity contribution in [2.45, 2.75) is 31.7 Å². The Hall–Kier alpha value is -1.10. The monoisotopic (exact) mass is 237 g/mol. The van der Waals surface area contributed by atoms with E-state index in [1.165, 1.54) is 30.6 Å². The molecule has 2 unspecified atom stereocenters. The largest absolute Gasteiger partial charge is 0.375 e. The molecule has 3 rings (SSSR count). The highest BCUT2D eigenvalue weighted by Gasteiger charge is 2.39. The van der Waals surface area contributed by atoms with Gasteiger partial charge in [0, 0.05) is 18.0 Å². The molecule has 4 nitrogen and oxygen atoms in total. The molecular formula is C11H15N3OS. The van der Waals surface area contributed by atoms with Gasteiger partial charge >= 0.3 is 0 Å². The van der Waals surface area contributed by atoms with Crippen LogP contribution in [-0.2, 0) is 11.2 Å². The summed E-state index contributed by atoms with van der Waals surface area (Å²) in [4.78, 5) is 18.2. The van der Waals surface area contributed by atoms with Gasteiger partial charge in [0.15, 0.2) is 5.13 Å². The van der Waals surface area contributed by atoms with Gasteiger partial charge in [-0.25, -0.2) is 4.98 Å². The van der Waals surface area contributed by atoms with E-state index >= 15 is 0 Å². The number of carbonyl (C=O) groups excluding carboxylic acids is 1. The molecule has 1 saturated carbocycles. The first-order chi connectivity index (χ1) is 7.72. The SMILES string of the molecule is Nc1nc(CC(=O)N2CC3CCC2C3)cs1. The second-order valence-electron chi connectivity index (χ2n) is 4.73. The van der Waals surface area contributed by atoms with Crippen LogP contribution in [0.4, 0.5) is 5.13 Å². The van der Waals surface area contributed by atoms with Crippen LogP contribution in [0.1, 0.15) is 25.0 Å². The highest BCUT2D eigenvalue weighted by molar-refractivity contribution is 7.13. The van der Waals surface area contributed by atoms with Crippen LogP contribution in [0.5, 0.6) is 0 Å². The minimum absolute atomic E-state index is 0.220. The van der Waals surface area contributed by atoms with Crippen molar-refractivity contribution < 1.29 is 4.79 Å². The van der Waals surface area contributed by atoms with E-state index in [1.54, 1.807) is 0 Å². The van der Waals surface area contributed by atoms with Gasteiger partial charge in [-0.15, -0.1) is 11.3 Å². The molecule has 2 bridgehead atoms. The Morgan fingerprint density at radius 3 is 3.06 bits per heavy atom. The smallest absolute Gasteiger partial charge is 0.228 e. The number of aromatic nitrogens is 1. The number of nitrogen functional groups attached to an aromatic ring is 1. The maximum atomic E-state index is 12.1. The van der Waals surface area contributed by atoms with Gasteiger partial charge in [-0.3, -0.25) is 4.79 Å². The number of hydrogen-bond donors (Lipinski definition) is 1. The van der Waals surface area contributed by atoms with Crippen molar-refractivity contribution in [3.8, 4) is 0 Å². The van der Waals surface area contributed by atoms with Gasteiger partial charge in [0.1, 0.15) is 0 Å². The third kappa shape index (κ3) is 1.69. The van der Waals surface area contributed by atoms with Gasteiger partial charge in [0.05, 0.1) is 12.1 Å². The molecule has 16 heavy (non-hydrogen) atoms. The van der Waals surface area contributed by atoms with E-state index in [0.29, 0.717) is 17.6 Å². The van der Waals surface area contributed by atoms with Crippen LogP contribution in [0.25, 0.3) is 0 Å². The zero-order valence-corrected chi connectivity index (χ0v) is 9.87. The molecule has 0 aromatic carbocycles. The minimum Gasteiger partial charge on any atom is -0.375 e. The lowest BCUT2D eigenvalue weighted by atomic mass is 10.1. The molecule has 2 heterocycles. The van der Waals surface area contributed by atoms with Gasteiger partial charge in [-0.1, -0.05) is 0 Å². The summed E-state index contributed by atoms with van der Waals surface area (Å²) in [5, 5.41) is 2.42. The quantitative estimate of drug-likeness (QED) is 0.843. The lowest BCUT2D eigenvalue weighted by molar-refractivity contribution is -0.132. The number of anilines is 1. The van der Waals surface area contributed by atoms with E-state index in [2.05, 4.69) is 4.98 Å². The van der Waals surface area contributed by atoms with Crippen molar-refractivity contribution in [1.82, 2.24) is 9.88 Å². The van der Waals surface area contributed by atoms with Gasteiger partial charge in [0.25, 0.3) is 0 Å². The Balaban J connectivity index is 1.65. The molecule has 1 amide bonds. The molecule has 5 heteroatoms. The van der Waals surface area contributed by atoms with E-state index < -0.39 is 0 Å². The van der Waals surface area contributed by atoms with Crippen LogP contribution in [0.2, 0.25) is 0 Å². The number of nitrogens with two attached hydrogens (primary N) is 1. The molecule has 1 saturated heterocycles. The molecule has 86 valence electrons. The highest BCUT2D eigenvalue weighted by atomic mass is 32.1. The van der Waals surface area contributed by atoms with E-state index in [-0.39, 0.29) is 5.91 Å². The molecule has 0 spiro atoms. The van der Waals surface area contributed by atoms with Gasteiger partial charge in [0.2, 0.25) is 5.91 Å². The first-order valence-corrected chi connectivity index (χ1v) is 6.59. The number of piperidine rings is 1. The third-order valence-corrected chi connectivity index (χ3v) is 4.35. The van der Waals surface area contributed by atoms with Crippen molar-refractivity contribution in [3.05, 3.63) is 11.1 Å². The maximum Gasteiger partial charge on any atom is 0.228 e. The number of rotatable bonds is 2. The summed E-state index contributed by atoms with van der Waals surface area (Å²) in [5.41, 5.74) is 6.37. The molecule has 1 aromatic heterocycles. The second-order valence-corrected chi connectivity index (χ2v) is 5.62. The molecule has 0 radical (unpaired) electrons. The van der Waals surface area contributed by atoms with Crippen LogP contribution < -0.4 is 5.73 Å². The Labute approximate surface area is 98.5 Å². The Morgan fingerprint density at radius 1 is 1.62 bits per heavy atom. The average molecular weight is 237 g/mol. The standard InChI is InChI=1S/C11H15N3OS/c12-11-13-8(6-16-11)4-10(15)14-5-7-1-2-9(14)3-7/h6-7,9H,1-5H2,(H2,12,13). The Kier molecular flexibility index (Phi) is 2.35. The number of amides is 1. The molecular weight excluding hydrogens is 222 g/mol. The number of hydrogen-bond acceptors (Lipinski definition) is 4. The highest BCUT2D eigenvalue weighted by Crippen LogP contribution is 2.37. The van der Waals surface area contributed by atoms with E-state index in [9.17, 15) is 4.79 Å². The maximum absolute atomic E-state index is 12.1. The summed E-state index contributed by atoms with van der Waals surface area (Å²) in [6.07, 6.45) is 4.12. The lowest BCUT2D eigenvalue weighted by Crippen LogP contribution is -2.38.